The number of esters is 1. The quantitative estimate of drug-likeness (QED) is 0.636. The van der Waals surface area contributed by atoms with E-state index in [0.717, 1.165) is 21.9 Å². The number of ether oxygens (including phenoxy) is 2. The van der Waals surface area contributed by atoms with Crippen LogP contribution in [0.4, 0.5) is 0 Å². The van der Waals surface area contributed by atoms with E-state index >= 15 is 0 Å². The largest absolute Gasteiger partial charge is 0.488 e. The molecule has 122 valence electrons. The highest BCUT2D eigenvalue weighted by molar-refractivity contribution is 7.13. The molecular weight excluding hydrogens is 324 g/mol. The van der Waals surface area contributed by atoms with Crippen LogP contribution < -0.4 is 4.74 Å². The SMILES string of the molecule is CCOC(=O)c1csc(-c2ccccc2OCc2ccncc2)n1. The Morgan fingerprint density at radius 3 is 2.75 bits per heavy atom. The van der Waals surface area contributed by atoms with Crippen molar-refractivity contribution < 1.29 is 14.3 Å². The molecule has 3 aromatic rings. The fourth-order valence-corrected chi connectivity index (χ4v) is 2.92. The second-order valence-electron chi connectivity index (χ2n) is 4.90. The van der Waals surface area contributed by atoms with Crippen LogP contribution in [0.1, 0.15) is 23.0 Å². The summed E-state index contributed by atoms with van der Waals surface area (Å²) in [5.41, 5.74) is 2.21. The molecular formula is C18H16N2O3S. The number of benzene rings is 1. The molecule has 0 saturated carbocycles. The van der Waals surface area contributed by atoms with Gasteiger partial charge in [-0.05, 0) is 36.8 Å². The van der Waals surface area contributed by atoms with Crippen LogP contribution in [-0.2, 0) is 11.3 Å². The average Bonchev–Trinajstić information content (AvgIpc) is 3.11. The molecule has 0 amide bonds. The van der Waals surface area contributed by atoms with Crippen LogP contribution in [-0.4, -0.2) is 22.5 Å². The molecule has 0 radical (unpaired) electrons. The van der Waals surface area contributed by atoms with Gasteiger partial charge in [0.25, 0.3) is 0 Å². The summed E-state index contributed by atoms with van der Waals surface area (Å²) in [6.45, 7) is 2.54. The number of hydrogen-bond donors (Lipinski definition) is 0. The maximum Gasteiger partial charge on any atom is 0.357 e. The summed E-state index contributed by atoms with van der Waals surface area (Å²) in [4.78, 5) is 20.1. The minimum absolute atomic E-state index is 0.320. The van der Waals surface area contributed by atoms with Crippen LogP contribution in [0.2, 0.25) is 0 Å². The van der Waals surface area contributed by atoms with Crippen LogP contribution in [0.25, 0.3) is 10.6 Å². The molecule has 2 heterocycles. The molecule has 0 unspecified atom stereocenters. The molecule has 3 rings (SSSR count). The molecule has 0 bridgehead atoms. The molecule has 0 aliphatic heterocycles. The van der Waals surface area contributed by atoms with Crippen LogP contribution in [0.5, 0.6) is 5.75 Å². The van der Waals surface area contributed by atoms with Crippen molar-refractivity contribution in [3.8, 4) is 16.3 Å². The van der Waals surface area contributed by atoms with Gasteiger partial charge in [0.05, 0.1) is 12.2 Å². The van der Waals surface area contributed by atoms with Gasteiger partial charge in [0.15, 0.2) is 5.69 Å². The highest BCUT2D eigenvalue weighted by Crippen LogP contribution is 2.32. The van der Waals surface area contributed by atoms with E-state index in [1.165, 1.54) is 11.3 Å². The summed E-state index contributed by atoms with van der Waals surface area (Å²) in [6, 6.07) is 11.5. The molecule has 6 heteroatoms. The van der Waals surface area contributed by atoms with E-state index in [1.807, 2.05) is 36.4 Å². The Kier molecular flexibility index (Phi) is 5.18. The van der Waals surface area contributed by atoms with Gasteiger partial charge in [0.2, 0.25) is 0 Å². The Labute approximate surface area is 143 Å². The van der Waals surface area contributed by atoms with Gasteiger partial charge in [-0.3, -0.25) is 4.98 Å². The molecule has 2 aromatic heterocycles. The van der Waals surface area contributed by atoms with Crippen molar-refractivity contribution in [2.24, 2.45) is 0 Å². The third-order valence-corrected chi connectivity index (χ3v) is 4.13. The predicted molar refractivity (Wildman–Crippen MR) is 92.1 cm³/mol. The third kappa shape index (κ3) is 3.78. The first kappa shape index (κ1) is 16.1. The number of nitrogens with zero attached hydrogens (tertiary/aromatic N) is 2. The molecule has 0 atom stereocenters. The highest BCUT2D eigenvalue weighted by Gasteiger charge is 2.15. The van der Waals surface area contributed by atoms with Gasteiger partial charge in [-0.1, -0.05) is 12.1 Å². The molecule has 0 aliphatic rings. The normalized spacial score (nSPS) is 10.4. The summed E-state index contributed by atoms with van der Waals surface area (Å²) >= 11 is 1.39. The summed E-state index contributed by atoms with van der Waals surface area (Å²) < 4.78 is 10.9. The topological polar surface area (TPSA) is 61.3 Å². The second-order valence-corrected chi connectivity index (χ2v) is 5.76. The van der Waals surface area contributed by atoms with Gasteiger partial charge in [0, 0.05) is 17.8 Å². The summed E-state index contributed by atoms with van der Waals surface area (Å²) in [6.07, 6.45) is 3.47. The zero-order valence-electron chi connectivity index (χ0n) is 13.1. The van der Waals surface area contributed by atoms with Gasteiger partial charge < -0.3 is 9.47 Å². The summed E-state index contributed by atoms with van der Waals surface area (Å²) in [7, 11) is 0. The molecule has 1 aromatic carbocycles. The van der Waals surface area contributed by atoms with Crippen molar-refractivity contribution in [1.82, 2.24) is 9.97 Å². The number of pyridine rings is 1. The molecule has 0 fully saturated rings. The Hall–Kier alpha value is -2.73. The van der Waals surface area contributed by atoms with Gasteiger partial charge in [-0.25, -0.2) is 9.78 Å². The molecule has 24 heavy (non-hydrogen) atoms. The van der Waals surface area contributed by atoms with E-state index in [2.05, 4.69) is 9.97 Å². The zero-order chi connectivity index (χ0) is 16.8. The van der Waals surface area contributed by atoms with Gasteiger partial charge >= 0.3 is 5.97 Å². The summed E-state index contributed by atoms with van der Waals surface area (Å²) in [5.74, 6) is 0.314. The van der Waals surface area contributed by atoms with Crippen molar-refractivity contribution in [1.29, 1.82) is 0 Å². The second kappa shape index (κ2) is 7.70. The van der Waals surface area contributed by atoms with Crippen molar-refractivity contribution >= 4 is 17.3 Å². The monoisotopic (exact) mass is 340 g/mol. The lowest BCUT2D eigenvalue weighted by Crippen LogP contribution is -2.04. The number of carbonyl (C=O) groups excluding carboxylic acids is 1. The molecule has 0 N–H and O–H groups in total. The first-order valence-corrected chi connectivity index (χ1v) is 8.39. The lowest BCUT2D eigenvalue weighted by Gasteiger charge is -2.09. The standard InChI is InChI=1S/C18H16N2O3S/c1-2-22-18(21)15-12-24-17(20-15)14-5-3-4-6-16(14)23-11-13-7-9-19-10-8-13/h3-10,12H,2,11H2,1H3. The van der Waals surface area contributed by atoms with Crippen LogP contribution in [0.15, 0.2) is 54.2 Å². The van der Waals surface area contributed by atoms with E-state index in [9.17, 15) is 4.79 Å². The van der Waals surface area contributed by atoms with E-state index in [0.29, 0.717) is 18.9 Å². The highest BCUT2D eigenvalue weighted by atomic mass is 32.1. The fraction of sp³-hybridized carbons (Fsp3) is 0.167. The molecule has 0 spiro atoms. The minimum atomic E-state index is -0.407. The molecule has 0 saturated heterocycles. The minimum Gasteiger partial charge on any atom is -0.488 e. The maximum atomic E-state index is 11.8. The first-order valence-electron chi connectivity index (χ1n) is 7.51. The Morgan fingerprint density at radius 1 is 1.17 bits per heavy atom. The third-order valence-electron chi connectivity index (χ3n) is 3.25. The maximum absolute atomic E-state index is 11.8. The number of hydrogen-bond acceptors (Lipinski definition) is 6. The van der Waals surface area contributed by atoms with Crippen LogP contribution >= 0.6 is 11.3 Å². The van der Waals surface area contributed by atoms with Crippen molar-refractivity contribution in [3.05, 3.63) is 65.4 Å². The number of para-hydroxylation sites is 1. The first-order chi connectivity index (χ1) is 11.8. The number of aromatic nitrogens is 2. The fourth-order valence-electron chi connectivity index (χ4n) is 2.11. The van der Waals surface area contributed by atoms with E-state index in [1.54, 1.807) is 24.7 Å². The van der Waals surface area contributed by atoms with Crippen molar-refractivity contribution in [3.63, 3.8) is 0 Å². The van der Waals surface area contributed by atoms with Crippen LogP contribution in [0, 0.1) is 0 Å². The van der Waals surface area contributed by atoms with E-state index in [4.69, 9.17) is 9.47 Å². The zero-order valence-corrected chi connectivity index (χ0v) is 14.0. The predicted octanol–water partition coefficient (Wildman–Crippen LogP) is 3.96. The van der Waals surface area contributed by atoms with Gasteiger partial charge in [-0.15, -0.1) is 11.3 Å². The van der Waals surface area contributed by atoms with Crippen molar-refractivity contribution in [2.75, 3.05) is 6.61 Å². The van der Waals surface area contributed by atoms with Crippen LogP contribution in [0.3, 0.4) is 0 Å². The number of rotatable bonds is 6. The Bertz CT molecular complexity index is 818. The lowest BCUT2D eigenvalue weighted by atomic mass is 10.2. The van der Waals surface area contributed by atoms with E-state index in [-0.39, 0.29) is 0 Å². The molecule has 0 aliphatic carbocycles. The summed E-state index contributed by atoms with van der Waals surface area (Å²) in [5, 5.41) is 2.43. The Morgan fingerprint density at radius 2 is 1.96 bits per heavy atom. The van der Waals surface area contributed by atoms with Gasteiger partial charge in [-0.2, -0.15) is 0 Å². The van der Waals surface area contributed by atoms with Gasteiger partial charge in [0.1, 0.15) is 17.4 Å². The van der Waals surface area contributed by atoms with Crippen molar-refractivity contribution in [2.45, 2.75) is 13.5 Å². The van der Waals surface area contributed by atoms with E-state index < -0.39 is 5.97 Å². The Balaban J connectivity index is 1.80. The average molecular weight is 340 g/mol. The molecule has 5 nitrogen and oxygen atoms in total. The lowest BCUT2D eigenvalue weighted by molar-refractivity contribution is 0.0520. The smallest absolute Gasteiger partial charge is 0.357 e. The number of carbonyl (C=O) groups is 1. The number of thiazole rings is 1.